The Labute approximate surface area is 152 Å². The summed E-state index contributed by atoms with van der Waals surface area (Å²) in [6.45, 7) is 1.96. The highest BCUT2D eigenvalue weighted by Crippen LogP contribution is 2.30. The van der Waals surface area contributed by atoms with Crippen LogP contribution in [0.25, 0.3) is 0 Å². The Morgan fingerprint density at radius 3 is 2.56 bits per heavy atom. The summed E-state index contributed by atoms with van der Waals surface area (Å²) in [4.78, 5) is 26.4. The quantitative estimate of drug-likeness (QED) is 0.856. The second-order valence-electron chi connectivity index (χ2n) is 6.49. The zero-order valence-corrected chi connectivity index (χ0v) is 15.1. The summed E-state index contributed by atoms with van der Waals surface area (Å²) in [5.74, 6) is 0.0603. The van der Waals surface area contributed by atoms with Crippen molar-refractivity contribution in [3.8, 4) is 0 Å². The third-order valence-electron chi connectivity index (χ3n) is 4.56. The zero-order valence-electron chi connectivity index (χ0n) is 14.3. The van der Waals surface area contributed by atoms with Crippen LogP contribution in [-0.4, -0.2) is 23.8 Å². The van der Waals surface area contributed by atoms with Crippen molar-refractivity contribution >= 4 is 29.1 Å². The van der Waals surface area contributed by atoms with Crippen LogP contribution in [0.15, 0.2) is 48.5 Å². The Morgan fingerprint density at radius 2 is 1.88 bits per heavy atom. The summed E-state index contributed by atoms with van der Waals surface area (Å²) in [5, 5.41) is 3.53. The molecule has 5 heteroatoms. The van der Waals surface area contributed by atoms with E-state index in [1.807, 2.05) is 31.2 Å². The fourth-order valence-electron chi connectivity index (χ4n) is 2.69. The highest BCUT2D eigenvalue weighted by Gasteiger charge is 2.29. The van der Waals surface area contributed by atoms with Gasteiger partial charge in [0.1, 0.15) is 0 Å². The molecule has 1 fully saturated rings. The van der Waals surface area contributed by atoms with Gasteiger partial charge in [0.05, 0.1) is 6.04 Å². The molecule has 1 aliphatic rings. The van der Waals surface area contributed by atoms with Crippen LogP contribution in [0.2, 0.25) is 5.02 Å². The van der Waals surface area contributed by atoms with Gasteiger partial charge in [0.2, 0.25) is 5.91 Å². The standard InChI is InChI=1S/C20H21ClN2O2/c1-13(15-5-3-7-17(21)11-15)23(2)20(25)16-6-4-8-18(12-16)22-19(24)14-9-10-14/h3-8,11-14H,9-10H2,1-2H3,(H,22,24). The summed E-state index contributed by atoms with van der Waals surface area (Å²) in [7, 11) is 1.77. The van der Waals surface area contributed by atoms with Crippen LogP contribution in [0.4, 0.5) is 5.69 Å². The normalized spacial score (nSPS) is 14.7. The number of rotatable bonds is 5. The van der Waals surface area contributed by atoms with Crippen molar-refractivity contribution in [2.75, 3.05) is 12.4 Å². The fraction of sp³-hybridized carbons (Fsp3) is 0.300. The lowest BCUT2D eigenvalue weighted by molar-refractivity contribution is -0.117. The minimum Gasteiger partial charge on any atom is -0.335 e. The van der Waals surface area contributed by atoms with E-state index in [-0.39, 0.29) is 23.8 Å². The number of halogens is 1. The van der Waals surface area contributed by atoms with Crippen LogP contribution in [0, 0.1) is 5.92 Å². The highest BCUT2D eigenvalue weighted by molar-refractivity contribution is 6.30. The summed E-state index contributed by atoms with van der Waals surface area (Å²) in [6, 6.07) is 14.5. The molecule has 1 saturated carbocycles. The van der Waals surface area contributed by atoms with Crippen molar-refractivity contribution in [2.24, 2.45) is 5.92 Å². The zero-order chi connectivity index (χ0) is 18.0. The Kier molecular flexibility index (Phi) is 5.09. The van der Waals surface area contributed by atoms with Gasteiger partial charge in [-0.2, -0.15) is 0 Å². The number of hydrogen-bond donors (Lipinski definition) is 1. The summed E-state index contributed by atoms with van der Waals surface area (Å²) in [5.41, 5.74) is 2.18. The molecule has 4 nitrogen and oxygen atoms in total. The maximum atomic E-state index is 12.8. The Morgan fingerprint density at radius 1 is 1.16 bits per heavy atom. The molecule has 2 aromatic rings. The maximum Gasteiger partial charge on any atom is 0.254 e. The molecular formula is C20H21ClN2O2. The number of anilines is 1. The minimum atomic E-state index is -0.115. The number of nitrogens with one attached hydrogen (secondary N) is 1. The number of amides is 2. The minimum absolute atomic E-state index is 0.0326. The van der Waals surface area contributed by atoms with Gasteiger partial charge in [-0.05, 0) is 55.7 Å². The van der Waals surface area contributed by atoms with Crippen molar-refractivity contribution in [1.29, 1.82) is 0 Å². The molecule has 130 valence electrons. The van der Waals surface area contributed by atoms with E-state index in [4.69, 9.17) is 11.6 Å². The van der Waals surface area contributed by atoms with E-state index in [9.17, 15) is 9.59 Å². The molecule has 1 atom stereocenters. The third kappa shape index (κ3) is 4.20. The van der Waals surface area contributed by atoms with E-state index in [1.54, 1.807) is 36.2 Å². The summed E-state index contributed by atoms with van der Waals surface area (Å²) < 4.78 is 0. The Balaban J connectivity index is 1.74. The molecule has 1 unspecified atom stereocenters. The maximum absolute atomic E-state index is 12.8. The molecule has 3 rings (SSSR count). The van der Waals surface area contributed by atoms with E-state index in [0.717, 1.165) is 18.4 Å². The van der Waals surface area contributed by atoms with E-state index in [0.29, 0.717) is 16.3 Å². The van der Waals surface area contributed by atoms with Crippen LogP contribution >= 0.6 is 11.6 Å². The second kappa shape index (κ2) is 7.28. The molecule has 0 radical (unpaired) electrons. The molecule has 0 spiro atoms. The van der Waals surface area contributed by atoms with E-state index >= 15 is 0 Å². The number of carbonyl (C=O) groups is 2. The first-order chi connectivity index (χ1) is 12.0. The lowest BCUT2D eigenvalue weighted by Gasteiger charge is -2.25. The van der Waals surface area contributed by atoms with E-state index in [1.165, 1.54) is 0 Å². The molecule has 0 aliphatic heterocycles. The van der Waals surface area contributed by atoms with Crippen molar-refractivity contribution < 1.29 is 9.59 Å². The van der Waals surface area contributed by atoms with Gasteiger partial charge in [-0.25, -0.2) is 0 Å². The summed E-state index contributed by atoms with van der Waals surface area (Å²) >= 11 is 6.05. The topological polar surface area (TPSA) is 49.4 Å². The predicted molar refractivity (Wildman–Crippen MR) is 99.8 cm³/mol. The van der Waals surface area contributed by atoms with Crippen molar-refractivity contribution in [1.82, 2.24) is 4.90 Å². The third-order valence-corrected chi connectivity index (χ3v) is 4.79. The number of benzene rings is 2. The average Bonchev–Trinajstić information content (AvgIpc) is 3.45. The number of nitrogens with zero attached hydrogens (tertiary/aromatic N) is 1. The van der Waals surface area contributed by atoms with Crippen LogP contribution in [-0.2, 0) is 4.79 Å². The first-order valence-corrected chi connectivity index (χ1v) is 8.77. The predicted octanol–water partition coefficient (Wildman–Crippen LogP) is 4.52. The highest BCUT2D eigenvalue weighted by atomic mass is 35.5. The molecule has 0 heterocycles. The number of hydrogen-bond acceptors (Lipinski definition) is 2. The first kappa shape index (κ1) is 17.5. The molecule has 0 aromatic heterocycles. The summed E-state index contributed by atoms with van der Waals surface area (Å²) in [6.07, 6.45) is 1.90. The van der Waals surface area contributed by atoms with Crippen molar-refractivity contribution in [3.05, 3.63) is 64.7 Å². The van der Waals surface area contributed by atoms with E-state index < -0.39 is 0 Å². The molecule has 1 N–H and O–H groups in total. The lowest BCUT2D eigenvalue weighted by atomic mass is 10.1. The van der Waals surface area contributed by atoms with Gasteiger partial charge in [-0.3, -0.25) is 9.59 Å². The lowest BCUT2D eigenvalue weighted by Crippen LogP contribution is -2.29. The first-order valence-electron chi connectivity index (χ1n) is 8.39. The van der Waals surface area contributed by atoms with Gasteiger partial charge in [-0.15, -0.1) is 0 Å². The second-order valence-corrected chi connectivity index (χ2v) is 6.93. The average molecular weight is 357 g/mol. The molecular weight excluding hydrogens is 336 g/mol. The van der Waals surface area contributed by atoms with Crippen LogP contribution in [0.1, 0.15) is 41.7 Å². The van der Waals surface area contributed by atoms with Crippen LogP contribution in [0.3, 0.4) is 0 Å². The molecule has 0 saturated heterocycles. The van der Waals surface area contributed by atoms with Gasteiger partial charge >= 0.3 is 0 Å². The SMILES string of the molecule is CC(c1cccc(Cl)c1)N(C)C(=O)c1cccc(NC(=O)C2CC2)c1. The fourth-order valence-corrected chi connectivity index (χ4v) is 2.89. The van der Waals surface area contributed by atoms with Crippen LogP contribution < -0.4 is 5.32 Å². The van der Waals surface area contributed by atoms with E-state index in [2.05, 4.69) is 5.32 Å². The van der Waals surface area contributed by atoms with Crippen LogP contribution in [0.5, 0.6) is 0 Å². The van der Waals surface area contributed by atoms with Crippen molar-refractivity contribution in [3.63, 3.8) is 0 Å². The van der Waals surface area contributed by atoms with Gasteiger partial charge < -0.3 is 10.2 Å². The smallest absolute Gasteiger partial charge is 0.254 e. The molecule has 2 amide bonds. The van der Waals surface area contributed by atoms with Crippen molar-refractivity contribution in [2.45, 2.75) is 25.8 Å². The molecule has 0 bridgehead atoms. The van der Waals surface area contributed by atoms with Gasteiger partial charge in [-0.1, -0.05) is 29.8 Å². The molecule has 2 aromatic carbocycles. The number of carbonyl (C=O) groups excluding carboxylic acids is 2. The monoisotopic (exact) mass is 356 g/mol. The van der Waals surface area contributed by atoms with Gasteiger partial charge in [0.15, 0.2) is 0 Å². The Bertz CT molecular complexity index is 802. The van der Waals surface area contributed by atoms with Gasteiger partial charge in [0, 0.05) is 29.2 Å². The largest absolute Gasteiger partial charge is 0.335 e. The molecule has 1 aliphatic carbocycles. The van der Waals surface area contributed by atoms with Gasteiger partial charge in [0.25, 0.3) is 5.91 Å². The molecule has 25 heavy (non-hydrogen) atoms. The Hall–Kier alpha value is -2.33.